The van der Waals surface area contributed by atoms with Gasteiger partial charge in [0.25, 0.3) is 0 Å². The first-order valence-electron chi connectivity index (χ1n) is 20.7. The van der Waals surface area contributed by atoms with E-state index in [9.17, 15) is 14.4 Å². The molecule has 0 aromatic carbocycles. The molecule has 0 radical (unpaired) electrons. The summed E-state index contributed by atoms with van der Waals surface area (Å²) in [4.78, 5) is 31.5. The van der Waals surface area contributed by atoms with Gasteiger partial charge in [-0.2, -0.15) is 0 Å². The van der Waals surface area contributed by atoms with Crippen molar-refractivity contribution in [3.8, 4) is 0 Å². The van der Waals surface area contributed by atoms with Crippen LogP contribution in [0.15, 0.2) is 109 Å². The molecule has 0 aromatic rings. The van der Waals surface area contributed by atoms with Crippen LogP contribution in [0.5, 0.6) is 0 Å². The van der Waals surface area contributed by atoms with Crippen molar-refractivity contribution in [2.45, 2.75) is 104 Å². The highest BCUT2D eigenvalue weighted by molar-refractivity contribution is 5.62. The molecule has 4 saturated heterocycles. The van der Waals surface area contributed by atoms with Crippen LogP contribution in [0.2, 0.25) is 0 Å². The molecule has 0 N–H and O–H groups in total. The summed E-state index contributed by atoms with van der Waals surface area (Å²) < 4.78 is 38.8. The Morgan fingerprint density at radius 1 is 0.593 bits per heavy atom. The fourth-order valence-electron chi connectivity index (χ4n) is 6.71. The van der Waals surface area contributed by atoms with Gasteiger partial charge in [0.1, 0.15) is 32.0 Å². The molecule has 3 aliphatic carbocycles. The van der Waals surface area contributed by atoms with Gasteiger partial charge in [0.2, 0.25) is 0 Å². The second-order valence-electron chi connectivity index (χ2n) is 15.7. The van der Waals surface area contributed by atoms with Gasteiger partial charge in [0.15, 0.2) is 6.10 Å². The van der Waals surface area contributed by atoms with Crippen molar-refractivity contribution in [1.29, 1.82) is 0 Å². The predicted molar refractivity (Wildman–Crippen MR) is 232 cm³/mol. The summed E-state index contributed by atoms with van der Waals surface area (Å²) in [6.07, 6.45) is 23.1. The van der Waals surface area contributed by atoms with Gasteiger partial charge in [-0.3, -0.25) is 0 Å². The summed E-state index contributed by atoms with van der Waals surface area (Å²) in [5, 5.41) is 0. The van der Waals surface area contributed by atoms with Crippen LogP contribution in [0.1, 0.15) is 86.0 Å². The number of hydrogen-bond donors (Lipinski definition) is 0. The van der Waals surface area contributed by atoms with Crippen LogP contribution in [-0.4, -0.2) is 83.0 Å². The van der Waals surface area contributed by atoms with Crippen molar-refractivity contribution in [2.75, 3.05) is 46.2 Å². The largest absolute Gasteiger partial charge is 0.509 e. The van der Waals surface area contributed by atoms with Gasteiger partial charge in [-0.25, -0.2) is 14.4 Å². The van der Waals surface area contributed by atoms with Crippen LogP contribution in [0.3, 0.4) is 0 Å². The first-order valence-corrected chi connectivity index (χ1v) is 20.7. The lowest BCUT2D eigenvalue weighted by molar-refractivity contribution is 0.0936. The maximum atomic E-state index is 10.7. The molecule has 7 unspecified atom stereocenters. The molecule has 7 atom stereocenters. The highest BCUT2D eigenvalue weighted by Gasteiger charge is 2.34. The Hall–Kier alpha value is -4.61. The molecular weight excluding hydrogens is 753 g/mol. The van der Waals surface area contributed by atoms with Crippen LogP contribution in [0.4, 0.5) is 14.4 Å². The normalized spacial score (nSPS) is 27.9. The average molecular weight is 823 g/mol. The average Bonchev–Trinajstić information content (AvgIpc) is 4.09. The molecule has 4 fully saturated rings. The smallest absolute Gasteiger partial charge is 0.430 e. The Morgan fingerprint density at radius 2 is 1.08 bits per heavy atom. The molecule has 0 bridgehead atoms. The lowest BCUT2D eigenvalue weighted by Crippen LogP contribution is -2.24. The predicted octanol–water partition coefficient (Wildman–Crippen LogP) is 11.3. The summed E-state index contributed by atoms with van der Waals surface area (Å²) in [7, 11) is 0. The zero-order valence-electron chi connectivity index (χ0n) is 36.3. The van der Waals surface area contributed by atoms with Crippen molar-refractivity contribution in [3.05, 3.63) is 109 Å². The summed E-state index contributed by atoms with van der Waals surface area (Å²) in [5.74, 6) is 2.64. The van der Waals surface area contributed by atoms with E-state index in [2.05, 4.69) is 81.4 Å². The highest BCUT2D eigenvalue weighted by atomic mass is 16.8. The molecule has 0 saturated carbocycles. The van der Waals surface area contributed by atoms with E-state index in [1.807, 2.05) is 26.0 Å². The van der Waals surface area contributed by atoms with Crippen LogP contribution in [0, 0.1) is 23.7 Å². The van der Waals surface area contributed by atoms with Crippen molar-refractivity contribution in [1.82, 2.24) is 0 Å². The third-order valence-corrected chi connectivity index (χ3v) is 10.4. The van der Waals surface area contributed by atoms with Crippen molar-refractivity contribution >= 4 is 18.5 Å². The van der Waals surface area contributed by atoms with Crippen molar-refractivity contribution in [2.24, 2.45) is 23.7 Å². The Kier molecular flexibility index (Phi) is 24.6. The summed E-state index contributed by atoms with van der Waals surface area (Å²) >= 11 is 0. The fraction of sp³-hybridized carbons (Fsp3) is 0.562. The van der Waals surface area contributed by atoms with Gasteiger partial charge in [-0.15, -0.1) is 0 Å². The van der Waals surface area contributed by atoms with E-state index in [1.54, 1.807) is 17.7 Å². The monoisotopic (exact) mass is 822 g/mol. The van der Waals surface area contributed by atoms with Gasteiger partial charge >= 0.3 is 18.5 Å². The van der Waals surface area contributed by atoms with E-state index < -0.39 is 18.5 Å². The van der Waals surface area contributed by atoms with E-state index in [1.165, 1.54) is 30.1 Å². The standard InChI is InChI=1S/2C10H14O3.C9H14O.C5H6O3.2C5H8.C4H6O/c1-7-2-4-8(5-3-7)9-6-12-10(11)13-9;1-7-3-2-4-8(5-7)9-6-12-10(11)13-9;1-7-2-3-8-5-10-6-9(8)4-7;1-2-4-3-7-5(6)8-4;2*1-4-5(2)3;1-2-4-5-3-1/h2,8-9H,3-6H2,1H3;3,8-9H,2,4-6H2,1H3;2,8-9H,3-6H2,1H3;2,4H,1,3H2;2*4H,1-2H2,3H3;1-2H,3-4H2. The molecular formula is C48H70O11. The maximum Gasteiger partial charge on any atom is 0.509 e. The third-order valence-electron chi connectivity index (χ3n) is 10.4. The number of ether oxygens (including phenoxy) is 8. The Labute approximate surface area is 353 Å². The topological polar surface area (TPSA) is 125 Å². The SMILES string of the molecule is C1=CCOC1.C=CC(=C)C.C=CC(=C)C.C=CC1COC(=O)O1.CC1=CCC(C2COC(=O)O2)CC1.CC1=CCC2COCC2C1.CC1=CCCC(C2COC(=O)O2)C1. The summed E-state index contributed by atoms with van der Waals surface area (Å²) in [6.45, 7) is 32.6. The lowest BCUT2D eigenvalue weighted by Gasteiger charge is -2.23. The molecule has 328 valence electrons. The second kappa shape index (κ2) is 28.8. The Bertz CT molecular complexity index is 1490. The van der Waals surface area contributed by atoms with Gasteiger partial charge in [-0.1, -0.05) is 103 Å². The summed E-state index contributed by atoms with van der Waals surface area (Å²) in [6, 6.07) is 0. The zero-order valence-corrected chi connectivity index (χ0v) is 36.3. The minimum Gasteiger partial charge on any atom is -0.430 e. The minimum atomic E-state index is -0.602. The first-order chi connectivity index (χ1) is 28.2. The number of carbonyl (C=O) groups is 3. The van der Waals surface area contributed by atoms with Crippen LogP contribution < -0.4 is 0 Å². The van der Waals surface area contributed by atoms with Gasteiger partial charge in [-0.05, 0) is 104 Å². The minimum absolute atomic E-state index is 0.00292. The van der Waals surface area contributed by atoms with E-state index in [0.717, 1.165) is 87.9 Å². The number of fused-ring (bicyclic) bond motifs is 1. The quantitative estimate of drug-likeness (QED) is 0.114. The van der Waals surface area contributed by atoms with E-state index >= 15 is 0 Å². The Morgan fingerprint density at radius 3 is 1.51 bits per heavy atom. The van der Waals surface area contributed by atoms with Crippen LogP contribution in [-0.2, 0) is 37.9 Å². The maximum absolute atomic E-state index is 10.7. The zero-order chi connectivity index (χ0) is 43.6. The molecule has 59 heavy (non-hydrogen) atoms. The van der Waals surface area contributed by atoms with E-state index in [-0.39, 0.29) is 18.3 Å². The molecule has 0 spiro atoms. The van der Waals surface area contributed by atoms with Crippen molar-refractivity contribution < 1.29 is 52.3 Å². The lowest BCUT2D eigenvalue weighted by atomic mass is 9.83. The molecule has 5 heterocycles. The number of carbonyl (C=O) groups excluding carboxylic acids is 3. The van der Waals surface area contributed by atoms with Gasteiger partial charge < -0.3 is 37.9 Å². The van der Waals surface area contributed by atoms with E-state index in [0.29, 0.717) is 31.7 Å². The van der Waals surface area contributed by atoms with Gasteiger partial charge in [0.05, 0.1) is 26.4 Å². The molecule has 11 nitrogen and oxygen atoms in total. The van der Waals surface area contributed by atoms with Crippen LogP contribution in [0.25, 0.3) is 0 Å². The molecule has 5 aliphatic heterocycles. The first kappa shape index (κ1) is 50.5. The molecule has 8 rings (SSSR count). The summed E-state index contributed by atoms with van der Waals surface area (Å²) in [5.41, 5.74) is 6.45. The van der Waals surface area contributed by atoms with Crippen molar-refractivity contribution in [3.63, 3.8) is 0 Å². The van der Waals surface area contributed by atoms with E-state index in [4.69, 9.17) is 28.4 Å². The Balaban J connectivity index is 0.000000246. The molecule has 8 aliphatic rings. The molecule has 11 heteroatoms. The number of hydrogen-bond acceptors (Lipinski definition) is 11. The van der Waals surface area contributed by atoms with Crippen LogP contribution >= 0.6 is 0 Å². The number of cyclic esters (lactones) is 6. The second-order valence-corrected chi connectivity index (χ2v) is 15.7. The molecule has 0 aromatic heterocycles. The molecule has 0 amide bonds. The van der Waals surface area contributed by atoms with Gasteiger partial charge in [0, 0.05) is 11.8 Å². The number of rotatable bonds is 5. The third kappa shape index (κ3) is 21.8. The fourth-order valence-corrected chi connectivity index (χ4v) is 6.71. The number of allylic oxidation sites excluding steroid dienone is 10. The highest BCUT2D eigenvalue weighted by Crippen LogP contribution is 2.34.